The number of ketones is 1. The average Bonchev–Trinajstić information content (AvgIpc) is 3.32. The van der Waals surface area contributed by atoms with E-state index in [1.54, 1.807) is 36.4 Å². The zero-order valence-corrected chi connectivity index (χ0v) is 16.0. The molecule has 0 unspecified atom stereocenters. The predicted molar refractivity (Wildman–Crippen MR) is 106 cm³/mol. The van der Waals surface area contributed by atoms with Gasteiger partial charge >= 0.3 is 0 Å². The highest BCUT2D eigenvalue weighted by molar-refractivity contribution is 7.99. The van der Waals surface area contributed by atoms with Crippen molar-refractivity contribution in [1.29, 1.82) is 0 Å². The number of nitrogens with zero attached hydrogens (tertiary/aromatic N) is 4. The van der Waals surface area contributed by atoms with Gasteiger partial charge < -0.3 is 14.8 Å². The molecule has 1 amide bonds. The van der Waals surface area contributed by atoms with E-state index in [9.17, 15) is 14.7 Å². The highest BCUT2D eigenvalue weighted by Crippen LogP contribution is 2.31. The molecular formula is C19H15N5O4S. The minimum Gasteiger partial charge on any atom is -0.508 e. The van der Waals surface area contributed by atoms with Crippen LogP contribution in [0.15, 0.2) is 58.1 Å². The van der Waals surface area contributed by atoms with Gasteiger partial charge in [-0.05, 0) is 46.8 Å². The normalized spacial score (nSPS) is 10.9. The molecule has 0 aliphatic rings. The second-order valence-electron chi connectivity index (χ2n) is 6.09. The molecule has 0 radical (unpaired) electrons. The summed E-state index contributed by atoms with van der Waals surface area (Å²) in [4.78, 5) is 24.4. The third-order valence-corrected chi connectivity index (χ3v) is 4.97. The first-order valence-electron chi connectivity index (χ1n) is 8.56. The number of rotatable bonds is 6. The fourth-order valence-electron chi connectivity index (χ4n) is 2.75. The van der Waals surface area contributed by atoms with E-state index in [0.29, 0.717) is 27.5 Å². The van der Waals surface area contributed by atoms with Gasteiger partial charge in [-0.3, -0.25) is 9.59 Å². The molecule has 0 aliphatic heterocycles. The third-order valence-electron chi connectivity index (χ3n) is 4.05. The van der Waals surface area contributed by atoms with E-state index in [4.69, 9.17) is 4.42 Å². The SMILES string of the molecule is CC(=O)c1oc2ccccc2c1NC(=O)CSc1nnnn1-c1ccc(O)cc1. The number of carbonyl (C=O) groups is 2. The van der Waals surface area contributed by atoms with Gasteiger partial charge in [-0.1, -0.05) is 23.9 Å². The maximum Gasteiger partial charge on any atom is 0.234 e. The number of phenolic OH excluding ortho intramolecular Hbond substituents is 1. The predicted octanol–water partition coefficient (Wildman–Crippen LogP) is 3.05. The molecule has 0 aliphatic carbocycles. The number of para-hydroxylation sites is 1. The molecule has 2 N–H and O–H groups in total. The summed E-state index contributed by atoms with van der Waals surface area (Å²) in [5.74, 6) is -0.345. The first kappa shape index (κ1) is 18.7. The largest absolute Gasteiger partial charge is 0.508 e. The Morgan fingerprint density at radius 2 is 1.93 bits per heavy atom. The number of fused-ring (bicyclic) bond motifs is 1. The van der Waals surface area contributed by atoms with E-state index < -0.39 is 0 Å². The molecule has 146 valence electrons. The number of aromatic hydroxyl groups is 1. The molecular weight excluding hydrogens is 394 g/mol. The third kappa shape index (κ3) is 3.83. The van der Waals surface area contributed by atoms with Gasteiger partial charge in [-0.15, -0.1) is 5.10 Å². The number of carbonyl (C=O) groups excluding carboxylic acids is 2. The Kier molecular flexibility index (Phi) is 5.00. The summed E-state index contributed by atoms with van der Waals surface area (Å²) in [5, 5.41) is 24.7. The number of benzene rings is 2. The van der Waals surface area contributed by atoms with Crippen molar-refractivity contribution in [3.63, 3.8) is 0 Å². The quantitative estimate of drug-likeness (QED) is 0.368. The van der Waals surface area contributed by atoms with Crippen LogP contribution in [-0.2, 0) is 4.79 Å². The monoisotopic (exact) mass is 409 g/mol. The summed E-state index contributed by atoms with van der Waals surface area (Å²) >= 11 is 1.14. The molecule has 2 aromatic heterocycles. The lowest BCUT2D eigenvalue weighted by Crippen LogP contribution is -2.16. The maximum atomic E-state index is 12.5. The van der Waals surface area contributed by atoms with Gasteiger partial charge in [-0.2, -0.15) is 4.68 Å². The number of hydrogen-bond acceptors (Lipinski definition) is 8. The van der Waals surface area contributed by atoms with Gasteiger partial charge in [-0.25, -0.2) is 0 Å². The van der Waals surface area contributed by atoms with Crippen molar-refractivity contribution in [2.24, 2.45) is 0 Å². The number of furan rings is 1. The van der Waals surface area contributed by atoms with Crippen LogP contribution in [0.1, 0.15) is 17.5 Å². The lowest BCUT2D eigenvalue weighted by molar-refractivity contribution is -0.113. The van der Waals surface area contributed by atoms with Gasteiger partial charge in [0.1, 0.15) is 11.3 Å². The summed E-state index contributed by atoms with van der Waals surface area (Å²) in [5.41, 5.74) is 1.53. The number of aromatic nitrogens is 4. The van der Waals surface area contributed by atoms with E-state index in [1.165, 1.54) is 23.7 Å². The molecule has 4 rings (SSSR count). The second kappa shape index (κ2) is 7.76. The van der Waals surface area contributed by atoms with Crippen LogP contribution in [-0.4, -0.2) is 42.8 Å². The van der Waals surface area contributed by atoms with Gasteiger partial charge in [0.15, 0.2) is 11.5 Å². The highest BCUT2D eigenvalue weighted by Gasteiger charge is 2.20. The van der Waals surface area contributed by atoms with Crippen molar-refractivity contribution < 1.29 is 19.1 Å². The minimum atomic E-state index is -0.329. The molecule has 4 aromatic rings. The molecule has 0 saturated carbocycles. The Labute approximate surface area is 168 Å². The first-order chi connectivity index (χ1) is 14.0. The van der Waals surface area contributed by atoms with Crippen LogP contribution in [0.2, 0.25) is 0 Å². The van der Waals surface area contributed by atoms with Crippen molar-refractivity contribution in [3.05, 3.63) is 54.3 Å². The molecule has 9 nitrogen and oxygen atoms in total. The molecule has 29 heavy (non-hydrogen) atoms. The molecule has 0 bridgehead atoms. The van der Waals surface area contributed by atoms with Crippen LogP contribution in [0.5, 0.6) is 5.75 Å². The summed E-state index contributed by atoms with van der Waals surface area (Å²) in [6, 6.07) is 13.5. The molecule has 0 saturated heterocycles. The van der Waals surface area contributed by atoms with Crippen molar-refractivity contribution in [2.45, 2.75) is 12.1 Å². The molecule has 2 heterocycles. The number of thioether (sulfide) groups is 1. The van der Waals surface area contributed by atoms with Crippen LogP contribution < -0.4 is 5.32 Å². The van der Waals surface area contributed by atoms with E-state index in [0.717, 1.165) is 11.8 Å². The smallest absolute Gasteiger partial charge is 0.234 e. The number of Topliss-reactive ketones (excluding diaryl/α,β-unsaturated/α-hetero) is 1. The number of hydrogen-bond donors (Lipinski definition) is 2. The van der Waals surface area contributed by atoms with E-state index >= 15 is 0 Å². The lowest BCUT2D eigenvalue weighted by atomic mass is 10.2. The molecule has 0 fully saturated rings. The fraction of sp³-hybridized carbons (Fsp3) is 0.105. The van der Waals surface area contributed by atoms with Crippen LogP contribution in [0.3, 0.4) is 0 Å². The van der Waals surface area contributed by atoms with Crippen LogP contribution in [0, 0.1) is 0 Å². The first-order valence-corrected chi connectivity index (χ1v) is 9.54. The van der Waals surface area contributed by atoms with Crippen molar-refractivity contribution in [2.75, 3.05) is 11.1 Å². The van der Waals surface area contributed by atoms with Crippen LogP contribution >= 0.6 is 11.8 Å². The molecule has 0 spiro atoms. The Morgan fingerprint density at radius 3 is 2.69 bits per heavy atom. The lowest BCUT2D eigenvalue weighted by Gasteiger charge is -2.06. The molecule has 2 aromatic carbocycles. The minimum absolute atomic E-state index is 0.0231. The van der Waals surface area contributed by atoms with Crippen LogP contribution in [0.25, 0.3) is 16.7 Å². The standard InChI is InChI=1S/C19H15N5O4S/c1-11(25)18-17(14-4-2-3-5-15(14)28-18)20-16(27)10-29-19-21-22-23-24(19)12-6-8-13(26)9-7-12/h2-9,26H,10H2,1H3,(H,20,27). The zero-order chi connectivity index (χ0) is 20.4. The van der Waals surface area contributed by atoms with E-state index in [2.05, 4.69) is 20.8 Å². The van der Waals surface area contributed by atoms with Gasteiger partial charge in [0.05, 0.1) is 17.1 Å². The maximum absolute atomic E-state index is 12.5. The molecule has 0 atom stereocenters. The average molecular weight is 409 g/mol. The Balaban J connectivity index is 1.50. The second-order valence-corrected chi connectivity index (χ2v) is 7.03. The number of tetrazole rings is 1. The van der Waals surface area contributed by atoms with Gasteiger partial charge in [0, 0.05) is 12.3 Å². The summed E-state index contributed by atoms with van der Waals surface area (Å²) < 4.78 is 7.03. The van der Waals surface area contributed by atoms with Crippen LogP contribution in [0.4, 0.5) is 5.69 Å². The van der Waals surface area contributed by atoms with Gasteiger partial charge in [0.25, 0.3) is 0 Å². The van der Waals surface area contributed by atoms with E-state index in [-0.39, 0.29) is 29.0 Å². The van der Waals surface area contributed by atoms with E-state index in [1.807, 2.05) is 0 Å². The topological polar surface area (TPSA) is 123 Å². The summed E-state index contributed by atoms with van der Waals surface area (Å²) in [6.07, 6.45) is 0. The van der Waals surface area contributed by atoms with Crippen molar-refractivity contribution >= 4 is 40.1 Å². The number of amides is 1. The summed E-state index contributed by atoms with van der Waals surface area (Å²) in [6.45, 7) is 1.38. The van der Waals surface area contributed by atoms with Crippen molar-refractivity contribution in [3.8, 4) is 11.4 Å². The zero-order valence-electron chi connectivity index (χ0n) is 15.2. The number of phenols is 1. The number of anilines is 1. The molecule has 10 heteroatoms. The van der Waals surface area contributed by atoms with Gasteiger partial charge in [0.2, 0.25) is 11.1 Å². The fourth-order valence-corrected chi connectivity index (χ4v) is 3.44. The summed E-state index contributed by atoms with van der Waals surface area (Å²) in [7, 11) is 0. The Bertz CT molecular complexity index is 1200. The Hall–Kier alpha value is -3.66. The highest BCUT2D eigenvalue weighted by atomic mass is 32.2. The van der Waals surface area contributed by atoms with Crippen molar-refractivity contribution in [1.82, 2.24) is 20.2 Å². The number of nitrogens with one attached hydrogen (secondary N) is 1. The Morgan fingerprint density at radius 1 is 1.17 bits per heavy atom.